The van der Waals surface area contributed by atoms with E-state index in [0.29, 0.717) is 16.9 Å². The molecular weight excluding hydrogens is 426 g/mol. The monoisotopic (exact) mass is 451 g/mol. The van der Waals surface area contributed by atoms with E-state index in [0.717, 1.165) is 55.7 Å². The summed E-state index contributed by atoms with van der Waals surface area (Å²) in [4.78, 5) is 41.6. The second kappa shape index (κ2) is 9.57. The van der Waals surface area contributed by atoms with Crippen molar-refractivity contribution in [3.63, 3.8) is 0 Å². The highest BCUT2D eigenvalue weighted by molar-refractivity contribution is 6.53. The molecule has 0 aliphatic carbocycles. The third kappa shape index (κ3) is 4.41. The minimum atomic E-state index is -0.569. The summed E-state index contributed by atoms with van der Waals surface area (Å²) in [7, 11) is 0. The van der Waals surface area contributed by atoms with Gasteiger partial charge in [0.2, 0.25) is 0 Å². The first-order valence-electron chi connectivity index (χ1n) is 11.0. The van der Waals surface area contributed by atoms with Crippen LogP contribution in [0, 0.1) is 0 Å². The second-order valence-electron chi connectivity index (χ2n) is 8.07. The Kier molecular flexibility index (Phi) is 6.61. The smallest absolute Gasteiger partial charge is 0.283 e. The molecule has 2 aliphatic heterocycles. The maximum absolute atomic E-state index is 13.0. The Labute approximate surface area is 192 Å². The molecule has 0 atom stereocenters. The van der Waals surface area contributed by atoms with E-state index in [-0.39, 0.29) is 16.6 Å². The third-order valence-electron chi connectivity index (χ3n) is 5.90. The lowest BCUT2D eigenvalue weighted by Gasteiger charge is -2.20. The Hall–Kier alpha value is -3.12. The van der Waals surface area contributed by atoms with Gasteiger partial charge in [0.1, 0.15) is 10.7 Å². The summed E-state index contributed by atoms with van der Waals surface area (Å²) in [5.74, 6) is -1.11. The topological polar surface area (TPSA) is 69.7 Å². The van der Waals surface area contributed by atoms with Gasteiger partial charge in [-0.15, -0.1) is 0 Å². The van der Waals surface area contributed by atoms with E-state index in [9.17, 15) is 14.4 Å². The first-order valence-corrected chi connectivity index (χ1v) is 11.4. The molecule has 2 heterocycles. The number of imide groups is 1. The predicted octanol–water partition coefficient (Wildman–Crippen LogP) is 4.70. The number of rotatable bonds is 5. The van der Waals surface area contributed by atoms with Crippen LogP contribution in [0.5, 0.6) is 0 Å². The number of halogens is 1. The molecule has 0 aromatic heterocycles. The first-order chi connectivity index (χ1) is 15.5. The van der Waals surface area contributed by atoms with Crippen molar-refractivity contribution in [2.75, 3.05) is 23.3 Å². The highest BCUT2D eigenvalue weighted by Gasteiger charge is 2.39. The van der Waals surface area contributed by atoms with E-state index in [1.807, 2.05) is 24.0 Å². The number of amides is 3. The zero-order chi connectivity index (χ0) is 22.7. The largest absolute Gasteiger partial charge is 0.350 e. The molecule has 1 fully saturated rings. The Balaban J connectivity index is 1.53. The average molecular weight is 452 g/mol. The summed E-state index contributed by atoms with van der Waals surface area (Å²) in [5.41, 5.74) is 2.66. The summed E-state index contributed by atoms with van der Waals surface area (Å²) in [5, 5.41) is 2.80. The van der Waals surface area contributed by atoms with E-state index in [4.69, 9.17) is 11.6 Å². The van der Waals surface area contributed by atoms with Gasteiger partial charge in [0, 0.05) is 24.3 Å². The van der Waals surface area contributed by atoms with Crippen molar-refractivity contribution in [3.8, 4) is 0 Å². The molecule has 0 saturated carbocycles. The van der Waals surface area contributed by atoms with Gasteiger partial charge in [-0.05, 0) is 55.2 Å². The molecule has 32 heavy (non-hydrogen) atoms. The molecule has 7 heteroatoms. The van der Waals surface area contributed by atoms with Gasteiger partial charge in [0.05, 0.1) is 5.69 Å². The van der Waals surface area contributed by atoms with Gasteiger partial charge in [-0.3, -0.25) is 14.4 Å². The minimum absolute atomic E-state index is 0.00982. The van der Waals surface area contributed by atoms with Crippen molar-refractivity contribution < 1.29 is 14.4 Å². The van der Waals surface area contributed by atoms with Gasteiger partial charge < -0.3 is 10.2 Å². The Morgan fingerprint density at radius 2 is 1.66 bits per heavy atom. The predicted molar refractivity (Wildman–Crippen MR) is 126 cm³/mol. The molecule has 2 aromatic carbocycles. The van der Waals surface area contributed by atoms with Crippen LogP contribution >= 0.6 is 11.6 Å². The summed E-state index contributed by atoms with van der Waals surface area (Å²) in [6.07, 6.45) is 5.17. The van der Waals surface area contributed by atoms with Crippen molar-refractivity contribution in [2.24, 2.45) is 0 Å². The molecule has 0 spiro atoms. The fourth-order valence-electron chi connectivity index (χ4n) is 4.06. The van der Waals surface area contributed by atoms with E-state index in [1.165, 1.54) is 0 Å². The Morgan fingerprint density at radius 3 is 2.31 bits per heavy atom. The number of anilines is 2. The molecule has 0 unspecified atom stereocenters. The van der Waals surface area contributed by atoms with Crippen LogP contribution in [0.25, 0.3) is 0 Å². The van der Waals surface area contributed by atoms with Crippen molar-refractivity contribution in [1.29, 1.82) is 0 Å². The number of nitrogens with one attached hydrogen (secondary N) is 1. The Morgan fingerprint density at radius 1 is 0.969 bits per heavy atom. The number of likely N-dealkylation sites (tertiary alicyclic amines) is 1. The van der Waals surface area contributed by atoms with Crippen molar-refractivity contribution in [3.05, 3.63) is 70.4 Å². The van der Waals surface area contributed by atoms with Crippen molar-refractivity contribution in [1.82, 2.24) is 4.90 Å². The standard InChI is InChI=1S/C25H26ClN3O3/c1-2-17-10-12-20(13-11-17)29-24(31)21(26)22(25(29)32)27-19-9-7-8-18(16-19)23(30)28-14-5-3-4-6-15-28/h7-13,16,27H,2-6,14-15H2,1H3. The lowest BCUT2D eigenvalue weighted by atomic mass is 10.1. The van der Waals surface area contributed by atoms with Gasteiger partial charge in [-0.1, -0.05) is 49.6 Å². The van der Waals surface area contributed by atoms with Crippen LogP contribution < -0.4 is 10.2 Å². The van der Waals surface area contributed by atoms with Crippen molar-refractivity contribution >= 4 is 40.7 Å². The van der Waals surface area contributed by atoms with Gasteiger partial charge in [0.25, 0.3) is 17.7 Å². The number of nitrogens with zero attached hydrogens (tertiary/aromatic N) is 2. The van der Waals surface area contributed by atoms with Crippen LogP contribution in [-0.2, 0) is 16.0 Å². The molecule has 2 aromatic rings. The van der Waals surface area contributed by atoms with Crippen LogP contribution in [-0.4, -0.2) is 35.7 Å². The number of aryl methyl sites for hydroxylation is 1. The van der Waals surface area contributed by atoms with E-state index in [2.05, 4.69) is 5.32 Å². The SMILES string of the molecule is CCc1ccc(N2C(=O)C(Cl)=C(Nc3cccc(C(=O)N4CCCCCC4)c3)C2=O)cc1. The normalized spacial score (nSPS) is 17.1. The van der Waals surface area contributed by atoms with Gasteiger partial charge >= 0.3 is 0 Å². The van der Waals surface area contributed by atoms with Crippen LogP contribution in [0.4, 0.5) is 11.4 Å². The van der Waals surface area contributed by atoms with E-state index < -0.39 is 11.8 Å². The number of benzene rings is 2. The molecule has 6 nitrogen and oxygen atoms in total. The lowest BCUT2D eigenvalue weighted by Crippen LogP contribution is -2.32. The summed E-state index contributed by atoms with van der Waals surface area (Å²) in [6, 6.07) is 14.2. The highest BCUT2D eigenvalue weighted by Crippen LogP contribution is 2.30. The lowest BCUT2D eigenvalue weighted by molar-refractivity contribution is -0.120. The fourth-order valence-corrected chi connectivity index (χ4v) is 4.27. The third-order valence-corrected chi connectivity index (χ3v) is 6.25. The molecule has 0 radical (unpaired) electrons. The molecular formula is C25H26ClN3O3. The molecule has 1 N–H and O–H groups in total. The minimum Gasteiger partial charge on any atom is -0.350 e. The molecule has 0 bridgehead atoms. The maximum atomic E-state index is 13.0. The quantitative estimate of drug-likeness (QED) is 0.669. The van der Waals surface area contributed by atoms with Crippen LogP contribution in [0.15, 0.2) is 59.3 Å². The fraction of sp³-hybridized carbons (Fsp3) is 0.320. The van der Waals surface area contributed by atoms with Crippen LogP contribution in [0.1, 0.15) is 48.5 Å². The number of carbonyl (C=O) groups is 3. The summed E-state index contributed by atoms with van der Waals surface area (Å²) >= 11 is 6.25. The molecule has 3 amide bonds. The highest BCUT2D eigenvalue weighted by atomic mass is 35.5. The first kappa shape index (κ1) is 22.1. The van der Waals surface area contributed by atoms with Gasteiger partial charge in [-0.2, -0.15) is 0 Å². The molecule has 2 aliphatic rings. The van der Waals surface area contributed by atoms with Crippen LogP contribution in [0.2, 0.25) is 0 Å². The Bertz CT molecular complexity index is 1070. The van der Waals surface area contributed by atoms with Crippen LogP contribution in [0.3, 0.4) is 0 Å². The number of hydrogen-bond acceptors (Lipinski definition) is 4. The number of hydrogen-bond donors (Lipinski definition) is 1. The van der Waals surface area contributed by atoms with Crippen molar-refractivity contribution in [2.45, 2.75) is 39.0 Å². The summed E-state index contributed by atoms with van der Waals surface area (Å²) in [6.45, 7) is 3.55. The van der Waals surface area contributed by atoms with E-state index in [1.54, 1.807) is 36.4 Å². The zero-order valence-electron chi connectivity index (χ0n) is 18.1. The molecule has 166 valence electrons. The van der Waals surface area contributed by atoms with Gasteiger partial charge in [-0.25, -0.2) is 4.90 Å². The van der Waals surface area contributed by atoms with E-state index >= 15 is 0 Å². The second-order valence-corrected chi connectivity index (χ2v) is 8.44. The molecule has 4 rings (SSSR count). The maximum Gasteiger partial charge on any atom is 0.283 e. The number of carbonyl (C=O) groups excluding carboxylic acids is 3. The zero-order valence-corrected chi connectivity index (χ0v) is 18.8. The molecule has 1 saturated heterocycles. The summed E-state index contributed by atoms with van der Waals surface area (Å²) < 4.78 is 0. The van der Waals surface area contributed by atoms with Gasteiger partial charge in [0.15, 0.2) is 0 Å². The average Bonchev–Trinajstić information content (AvgIpc) is 3.02.